The maximum atomic E-state index is 3.43. The molecule has 1 aliphatic rings. The zero-order chi connectivity index (χ0) is 5.28. The third-order valence-electron chi connectivity index (χ3n) is 0.709. The van der Waals surface area contributed by atoms with Crippen molar-refractivity contribution >= 4 is 37.1 Å². The van der Waals surface area contributed by atoms with Gasteiger partial charge in [0.2, 0.25) is 0 Å². The van der Waals surface area contributed by atoms with Crippen molar-refractivity contribution < 1.29 is 0 Å². The van der Waals surface area contributed by atoms with Gasteiger partial charge >= 0.3 is 0 Å². The molecular formula is C4H5P2Si-. The minimum absolute atomic E-state index is 0.855. The predicted molar refractivity (Wildman–Crippen MR) is 42.9 cm³/mol. The van der Waals surface area contributed by atoms with Gasteiger partial charge in [-0.3, -0.25) is 0 Å². The minimum atomic E-state index is 0.855. The second-order valence-corrected chi connectivity index (χ2v) is 4.93. The lowest BCUT2D eigenvalue weighted by atomic mass is 10.6. The molecule has 1 aliphatic heterocycles. The molecule has 0 spiro atoms. The first kappa shape index (κ1) is 5.56. The summed E-state index contributed by atoms with van der Waals surface area (Å²) in [6.45, 7) is 0. The van der Waals surface area contributed by atoms with Crippen LogP contribution in [0.4, 0.5) is 0 Å². The molecule has 0 amide bonds. The first-order chi connectivity index (χ1) is 3.29. The Hall–Kier alpha value is 0.427. The topological polar surface area (TPSA) is 0 Å². The Labute approximate surface area is 49.9 Å². The van der Waals surface area contributed by atoms with Crippen LogP contribution in [0.5, 0.6) is 0 Å². The number of hydrogen-bond donors (Lipinski definition) is 0. The molecule has 0 nitrogen and oxygen atoms in total. The average Bonchev–Trinajstić information content (AvgIpc) is 1.87. The van der Waals surface area contributed by atoms with Gasteiger partial charge < -0.3 is 9.13 Å². The lowest BCUT2D eigenvalue weighted by Gasteiger charge is -1.95. The Morgan fingerprint density at radius 2 is 2.29 bits per heavy atom. The molecule has 0 aromatic heterocycles. The van der Waals surface area contributed by atoms with Crippen molar-refractivity contribution in [1.82, 2.24) is 0 Å². The molecule has 0 N–H and O–H groups in total. The highest BCUT2D eigenvalue weighted by Crippen LogP contribution is 1.96. The van der Waals surface area contributed by atoms with Gasteiger partial charge in [-0.1, -0.05) is 12.2 Å². The summed E-state index contributed by atoms with van der Waals surface area (Å²) in [7, 11) is 6.97. The molecule has 3 heteroatoms. The molecule has 0 fully saturated rings. The standard InChI is InChI=1S/C4H5P2Si/c5-3-1-2-4(6)7-3/h1-2,5H,6H2/q-1. The summed E-state index contributed by atoms with van der Waals surface area (Å²) >= 11 is 0. The van der Waals surface area contributed by atoms with E-state index in [0.29, 0.717) is 0 Å². The molecule has 0 saturated heterocycles. The molecule has 1 rings (SSSR count). The van der Waals surface area contributed by atoms with Crippen molar-refractivity contribution in [3.63, 3.8) is 0 Å². The van der Waals surface area contributed by atoms with E-state index in [1.54, 1.807) is 0 Å². The summed E-state index contributed by atoms with van der Waals surface area (Å²) in [5.41, 5.74) is 0. The maximum absolute atomic E-state index is 3.43. The highest BCUT2D eigenvalue weighted by atomic mass is 31.0. The van der Waals surface area contributed by atoms with E-state index in [4.69, 9.17) is 0 Å². The Kier molecular flexibility index (Phi) is 1.69. The van der Waals surface area contributed by atoms with Gasteiger partial charge in [0.15, 0.2) is 0 Å². The molecule has 0 aliphatic carbocycles. The fraction of sp³-hybridized carbons (Fsp3) is 0. The second kappa shape index (κ2) is 2.13. The van der Waals surface area contributed by atoms with Crippen molar-refractivity contribution in [2.75, 3.05) is 0 Å². The van der Waals surface area contributed by atoms with E-state index < -0.39 is 0 Å². The largest absolute Gasteiger partial charge is 0.391 e. The van der Waals surface area contributed by atoms with Gasteiger partial charge in [-0.2, -0.15) is 8.86 Å². The summed E-state index contributed by atoms with van der Waals surface area (Å²) in [5, 5.41) is 0. The molecule has 1 unspecified atom stereocenters. The van der Waals surface area contributed by atoms with Crippen molar-refractivity contribution in [2.24, 2.45) is 0 Å². The molecule has 36 valence electrons. The molecule has 0 radical (unpaired) electrons. The third-order valence-corrected chi connectivity index (χ3v) is 2.77. The van der Waals surface area contributed by atoms with Gasteiger partial charge in [0.05, 0.1) is 0 Å². The number of rotatable bonds is 0. The zero-order valence-corrected chi connectivity index (χ0v) is 6.89. The monoisotopic (exact) mass is 143 g/mol. The Balaban J connectivity index is 2.88. The fourth-order valence-corrected chi connectivity index (χ4v) is 2.57. The smallest absolute Gasteiger partial charge is 0.0942 e. The van der Waals surface area contributed by atoms with E-state index in [0.717, 1.165) is 9.13 Å². The average molecular weight is 143 g/mol. The summed E-state index contributed by atoms with van der Waals surface area (Å²) in [4.78, 5) is 2.68. The first-order valence-electron chi connectivity index (χ1n) is 1.95. The van der Waals surface area contributed by atoms with E-state index in [1.165, 1.54) is 9.83 Å². The van der Waals surface area contributed by atoms with Gasteiger partial charge in [0.1, 0.15) is 0 Å². The van der Waals surface area contributed by atoms with Crippen molar-refractivity contribution in [2.45, 2.75) is 0 Å². The summed E-state index contributed by atoms with van der Waals surface area (Å²) in [6.07, 6.45) is 4.18. The Bertz CT molecular complexity index is 157. The molecule has 0 aromatic rings. The van der Waals surface area contributed by atoms with Crippen molar-refractivity contribution in [3.05, 3.63) is 12.2 Å². The summed E-state index contributed by atoms with van der Waals surface area (Å²) < 4.78 is 0. The molecule has 0 bridgehead atoms. The van der Waals surface area contributed by atoms with Gasteiger partial charge in [-0.05, 0) is 0 Å². The molecule has 7 heavy (non-hydrogen) atoms. The molecule has 1 atom stereocenters. The van der Waals surface area contributed by atoms with E-state index in [1.807, 2.05) is 0 Å². The van der Waals surface area contributed by atoms with E-state index in [-0.39, 0.29) is 0 Å². The number of hydrogen-bond acceptors (Lipinski definition) is 0. The first-order valence-corrected chi connectivity index (χ1v) is 4.03. The summed E-state index contributed by atoms with van der Waals surface area (Å²) in [6, 6.07) is 0. The van der Waals surface area contributed by atoms with Crippen LogP contribution in [0.2, 0.25) is 0 Å². The van der Waals surface area contributed by atoms with Gasteiger partial charge in [0.25, 0.3) is 0 Å². The molecule has 0 saturated carbocycles. The molecule has 0 aromatic carbocycles. The highest BCUT2D eigenvalue weighted by molar-refractivity contribution is 7.51. The van der Waals surface area contributed by atoms with Crippen LogP contribution in [0.1, 0.15) is 0 Å². The van der Waals surface area contributed by atoms with E-state index >= 15 is 0 Å². The van der Waals surface area contributed by atoms with Crippen molar-refractivity contribution in [3.8, 4) is 0 Å². The molecular weight excluding hydrogens is 138 g/mol. The third kappa shape index (κ3) is 1.42. The van der Waals surface area contributed by atoms with Crippen LogP contribution in [0.25, 0.3) is 0 Å². The van der Waals surface area contributed by atoms with E-state index in [9.17, 15) is 0 Å². The second-order valence-electron chi connectivity index (χ2n) is 1.33. The van der Waals surface area contributed by atoms with Crippen LogP contribution in [0.3, 0.4) is 0 Å². The quantitative estimate of drug-likeness (QED) is 0.343. The van der Waals surface area contributed by atoms with Crippen LogP contribution in [-0.2, 0) is 0 Å². The Morgan fingerprint density at radius 1 is 1.57 bits per heavy atom. The van der Waals surface area contributed by atoms with Gasteiger partial charge in [0, 0.05) is 0 Å². The van der Waals surface area contributed by atoms with Crippen LogP contribution < -0.4 is 0 Å². The van der Waals surface area contributed by atoms with Crippen LogP contribution in [0.15, 0.2) is 12.2 Å². The SMILES string of the molecule is P=C1C=CC(P)=[Si-]1. The predicted octanol–water partition coefficient (Wildman–Crippen LogP) is 0.538. The zero-order valence-electron chi connectivity index (χ0n) is 3.73. The lowest BCUT2D eigenvalue weighted by molar-refractivity contribution is 2.40. The minimum Gasteiger partial charge on any atom is -0.391 e. The van der Waals surface area contributed by atoms with Crippen molar-refractivity contribution in [1.29, 1.82) is 0 Å². The summed E-state index contributed by atoms with van der Waals surface area (Å²) in [5.74, 6) is 0. The lowest BCUT2D eigenvalue weighted by Crippen LogP contribution is -1.89. The van der Waals surface area contributed by atoms with Crippen LogP contribution >= 0.6 is 18.1 Å². The highest BCUT2D eigenvalue weighted by Gasteiger charge is 1.75. The Morgan fingerprint density at radius 3 is 2.43 bits per heavy atom. The fourth-order valence-electron chi connectivity index (χ4n) is 0.412. The van der Waals surface area contributed by atoms with Gasteiger partial charge in [-0.25, -0.2) is 9.83 Å². The van der Waals surface area contributed by atoms with Crippen LogP contribution in [0, 0.1) is 0 Å². The van der Waals surface area contributed by atoms with Crippen LogP contribution in [-0.4, -0.2) is 19.0 Å². The van der Waals surface area contributed by atoms with E-state index in [2.05, 4.69) is 30.3 Å². The normalized spacial score (nSPS) is 17.9. The number of allylic oxidation sites excluding steroid dienone is 2. The maximum Gasteiger partial charge on any atom is -0.0942 e. The molecule has 1 heterocycles. The van der Waals surface area contributed by atoms with Gasteiger partial charge in [-0.15, -0.1) is 9.24 Å².